The van der Waals surface area contributed by atoms with Crippen molar-refractivity contribution >= 4 is 28.9 Å². The first-order valence-electron chi connectivity index (χ1n) is 7.97. The topological polar surface area (TPSA) is 107 Å². The van der Waals surface area contributed by atoms with Gasteiger partial charge in [-0.25, -0.2) is 9.59 Å². The maximum Gasteiger partial charge on any atom is 0.375 e. The Balaban J connectivity index is 2.01. The Kier molecular flexibility index (Phi) is 6.37. The Morgan fingerprint density at radius 1 is 1.31 bits per heavy atom. The molecule has 0 fully saturated rings. The Morgan fingerprint density at radius 3 is 2.77 bits per heavy atom. The number of benzene rings is 1. The maximum absolute atomic E-state index is 12.2. The molecular weight excluding hydrogens is 340 g/mol. The minimum absolute atomic E-state index is 0.00226. The molecule has 0 aliphatic carbocycles. The molecule has 0 aliphatic heterocycles. The Labute approximate surface area is 150 Å². The number of hydrogen-bond acceptors (Lipinski definition) is 6. The van der Waals surface area contributed by atoms with Crippen LogP contribution in [0.2, 0.25) is 0 Å². The lowest BCUT2D eigenvalue weighted by molar-refractivity contribution is -0.123. The van der Waals surface area contributed by atoms with Gasteiger partial charge < -0.3 is 19.2 Å². The predicted molar refractivity (Wildman–Crippen MR) is 94.1 cm³/mol. The average molecular weight is 360 g/mol. The molecule has 138 valence electrons. The summed E-state index contributed by atoms with van der Waals surface area (Å²) in [6.45, 7) is 7.13. The molecule has 0 saturated heterocycles. The highest BCUT2D eigenvalue weighted by Crippen LogP contribution is 2.29. The fourth-order valence-electron chi connectivity index (χ4n) is 2.22. The second-order valence-corrected chi connectivity index (χ2v) is 5.27. The molecule has 0 spiro atoms. The summed E-state index contributed by atoms with van der Waals surface area (Å²) in [7, 11) is 0. The molecule has 0 aliphatic rings. The van der Waals surface area contributed by atoms with Crippen molar-refractivity contribution in [1.29, 1.82) is 0 Å². The van der Waals surface area contributed by atoms with Crippen LogP contribution in [0.4, 0.5) is 4.79 Å². The summed E-state index contributed by atoms with van der Waals surface area (Å²) in [5.74, 6) is -0.892. The SMILES string of the molecule is C=CCNC(=O)NC(=O)COC(=O)c1oc2ccc(OCC)cc2c1C. The van der Waals surface area contributed by atoms with Gasteiger partial charge in [-0.3, -0.25) is 10.1 Å². The first-order valence-corrected chi connectivity index (χ1v) is 7.97. The number of esters is 1. The van der Waals surface area contributed by atoms with Crippen molar-refractivity contribution in [2.24, 2.45) is 0 Å². The van der Waals surface area contributed by atoms with Gasteiger partial charge in [-0.05, 0) is 32.0 Å². The van der Waals surface area contributed by atoms with Gasteiger partial charge in [0.05, 0.1) is 6.61 Å². The van der Waals surface area contributed by atoms with Gasteiger partial charge in [0.2, 0.25) is 5.76 Å². The van der Waals surface area contributed by atoms with Crippen molar-refractivity contribution in [2.45, 2.75) is 13.8 Å². The monoisotopic (exact) mass is 360 g/mol. The van der Waals surface area contributed by atoms with E-state index >= 15 is 0 Å². The maximum atomic E-state index is 12.2. The molecule has 0 unspecified atom stereocenters. The van der Waals surface area contributed by atoms with E-state index in [4.69, 9.17) is 13.9 Å². The molecule has 2 aromatic rings. The van der Waals surface area contributed by atoms with Crippen LogP contribution in [-0.2, 0) is 9.53 Å². The van der Waals surface area contributed by atoms with E-state index in [9.17, 15) is 14.4 Å². The third-order valence-corrected chi connectivity index (χ3v) is 3.40. The fraction of sp³-hybridized carbons (Fsp3) is 0.278. The third-order valence-electron chi connectivity index (χ3n) is 3.40. The first kappa shape index (κ1) is 19.0. The number of carbonyl (C=O) groups is 3. The number of amides is 3. The van der Waals surface area contributed by atoms with E-state index in [2.05, 4.69) is 11.9 Å². The zero-order valence-electron chi connectivity index (χ0n) is 14.6. The van der Waals surface area contributed by atoms with Gasteiger partial charge in [0, 0.05) is 17.5 Å². The van der Waals surface area contributed by atoms with Crippen molar-refractivity contribution in [1.82, 2.24) is 10.6 Å². The number of rotatable bonds is 7. The van der Waals surface area contributed by atoms with Crippen molar-refractivity contribution in [2.75, 3.05) is 19.8 Å². The summed E-state index contributed by atoms with van der Waals surface area (Å²) in [6.07, 6.45) is 1.46. The van der Waals surface area contributed by atoms with Gasteiger partial charge in [0.15, 0.2) is 6.61 Å². The molecule has 3 amide bonds. The molecule has 8 heteroatoms. The number of fused-ring (bicyclic) bond motifs is 1. The predicted octanol–water partition coefficient (Wildman–Crippen LogP) is 2.31. The molecule has 1 aromatic carbocycles. The number of urea groups is 1. The highest BCUT2D eigenvalue weighted by atomic mass is 16.5. The number of nitrogens with one attached hydrogen (secondary N) is 2. The lowest BCUT2D eigenvalue weighted by Crippen LogP contribution is -2.41. The van der Waals surface area contributed by atoms with Crippen LogP contribution < -0.4 is 15.4 Å². The number of aryl methyl sites for hydroxylation is 1. The third kappa shape index (κ3) is 4.62. The van der Waals surface area contributed by atoms with Crippen molar-refractivity contribution in [3.05, 3.63) is 42.2 Å². The number of furan rings is 1. The van der Waals surface area contributed by atoms with Crippen LogP contribution in [-0.4, -0.2) is 37.7 Å². The van der Waals surface area contributed by atoms with Crippen LogP contribution in [0.5, 0.6) is 5.75 Å². The van der Waals surface area contributed by atoms with E-state index < -0.39 is 24.5 Å². The van der Waals surface area contributed by atoms with Crippen LogP contribution in [0.1, 0.15) is 23.0 Å². The van der Waals surface area contributed by atoms with Crippen molar-refractivity contribution in [3.63, 3.8) is 0 Å². The quantitative estimate of drug-likeness (QED) is 0.580. The summed E-state index contributed by atoms with van der Waals surface area (Å²) in [4.78, 5) is 35.1. The second kappa shape index (κ2) is 8.70. The lowest BCUT2D eigenvalue weighted by atomic mass is 10.1. The molecule has 1 aromatic heterocycles. The Hall–Kier alpha value is -3.29. The Morgan fingerprint density at radius 2 is 2.08 bits per heavy atom. The zero-order chi connectivity index (χ0) is 19.1. The normalized spacial score (nSPS) is 10.2. The molecule has 2 N–H and O–H groups in total. The van der Waals surface area contributed by atoms with Crippen molar-refractivity contribution in [3.8, 4) is 5.75 Å². The van der Waals surface area contributed by atoms with Crippen molar-refractivity contribution < 1.29 is 28.3 Å². The standard InChI is InChI=1S/C18H20N2O6/c1-4-8-19-18(23)20-15(21)10-25-17(22)16-11(3)13-9-12(24-5-2)6-7-14(13)26-16/h4,6-7,9H,1,5,8,10H2,2-3H3,(H2,19,20,21,23). The second-order valence-electron chi connectivity index (χ2n) is 5.27. The number of hydrogen-bond donors (Lipinski definition) is 2. The summed E-state index contributed by atoms with van der Waals surface area (Å²) in [5, 5.41) is 5.11. The van der Waals surface area contributed by atoms with Gasteiger partial charge in [-0.2, -0.15) is 0 Å². The molecule has 1 heterocycles. The van der Waals surface area contributed by atoms with Gasteiger partial charge in [-0.1, -0.05) is 6.08 Å². The van der Waals surface area contributed by atoms with Crippen LogP contribution in [0.3, 0.4) is 0 Å². The molecule has 26 heavy (non-hydrogen) atoms. The van der Waals surface area contributed by atoms with E-state index in [-0.39, 0.29) is 12.3 Å². The lowest BCUT2D eigenvalue weighted by Gasteiger charge is -2.05. The van der Waals surface area contributed by atoms with E-state index in [0.717, 1.165) is 5.39 Å². The van der Waals surface area contributed by atoms with E-state index in [1.807, 2.05) is 12.2 Å². The van der Waals surface area contributed by atoms with Gasteiger partial charge >= 0.3 is 12.0 Å². The molecule has 0 radical (unpaired) electrons. The molecule has 0 atom stereocenters. The van der Waals surface area contributed by atoms with Crippen LogP contribution in [0.15, 0.2) is 35.3 Å². The van der Waals surface area contributed by atoms with Crippen LogP contribution in [0, 0.1) is 6.92 Å². The smallest absolute Gasteiger partial charge is 0.375 e. The zero-order valence-corrected chi connectivity index (χ0v) is 14.6. The van der Waals surface area contributed by atoms with Gasteiger partial charge in [0.25, 0.3) is 5.91 Å². The van der Waals surface area contributed by atoms with Gasteiger partial charge in [0.1, 0.15) is 11.3 Å². The van der Waals surface area contributed by atoms with E-state index in [1.54, 1.807) is 25.1 Å². The molecule has 0 saturated carbocycles. The number of ether oxygens (including phenoxy) is 2. The van der Waals surface area contributed by atoms with E-state index in [0.29, 0.717) is 23.5 Å². The minimum Gasteiger partial charge on any atom is -0.494 e. The summed E-state index contributed by atoms with van der Waals surface area (Å²) in [5.41, 5.74) is 1.09. The van der Waals surface area contributed by atoms with Crippen LogP contribution >= 0.6 is 0 Å². The molecular formula is C18H20N2O6. The minimum atomic E-state index is -0.793. The summed E-state index contributed by atoms with van der Waals surface area (Å²) < 4.78 is 15.8. The molecule has 8 nitrogen and oxygen atoms in total. The summed E-state index contributed by atoms with van der Waals surface area (Å²) >= 11 is 0. The fourth-order valence-corrected chi connectivity index (χ4v) is 2.22. The van der Waals surface area contributed by atoms with Gasteiger partial charge in [-0.15, -0.1) is 6.58 Å². The average Bonchev–Trinajstić information content (AvgIpc) is 2.95. The molecule has 2 rings (SSSR count). The summed E-state index contributed by atoms with van der Waals surface area (Å²) in [6, 6.07) is 4.50. The molecule has 0 bridgehead atoms. The highest BCUT2D eigenvalue weighted by molar-refractivity contribution is 5.99. The van der Waals surface area contributed by atoms with Crippen LogP contribution in [0.25, 0.3) is 11.0 Å². The first-order chi connectivity index (χ1) is 12.5. The highest BCUT2D eigenvalue weighted by Gasteiger charge is 2.20. The largest absolute Gasteiger partial charge is 0.494 e. The number of imide groups is 1. The van der Waals surface area contributed by atoms with E-state index in [1.165, 1.54) is 6.08 Å². The number of carbonyl (C=O) groups excluding carboxylic acids is 3. The Bertz CT molecular complexity index is 840.